The lowest BCUT2D eigenvalue weighted by Gasteiger charge is -2.02. The van der Waals surface area contributed by atoms with Gasteiger partial charge >= 0.3 is 0 Å². The number of Topliss-reactive ketones (excluding diaryl/α,β-unsaturated/α-hetero) is 1. The predicted molar refractivity (Wildman–Crippen MR) is 114 cm³/mol. The zero-order chi connectivity index (χ0) is 18.5. The third-order valence-corrected chi connectivity index (χ3v) is 6.03. The minimum Gasteiger partial charge on any atom is -0.299 e. The highest BCUT2D eigenvalue weighted by Crippen LogP contribution is 2.22. The number of thiazole rings is 1. The van der Waals surface area contributed by atoms with Crippen molar-refractivity contribution in [2.45, 2.75) is 96.8 Å². The normalized spacial score (nSPS) is 11.3. The summed E-state index contributed by atoms with van der Waals surface area (Å²) in [6.45, 7) is 2.27. The first kappa shape index (κ1) is 21.1. The van der Waals surface area contributed by atoms with Crippen LogP contribution in [0.2, 0.25) is 0 Å². The van der Waals surface area contributed by atoms with Gasteiger partial charge in [-0.1, -0.05) is 89.7 Å². The molecule has 0 bridgehead atoms. The fraction of sp³-hybridized carbons (Fsp3) is 0.652. The first-order chi connectivity index (χ1) is 12.8. The molecule has 2 rings (SSSR count). The summed E-state index contributed by atoms with van der Waals surface area (Å²) in [5.41, 5.74) is 1.02. The number of carbonyl (C=O) groups excluding carboxylic acids is 1. The highest BCUT2D eigenvalue weighted by molar-refractivity contribution is 7.18. The van der Waals surface area contributed by atoms with E-state index in [0.29, 0.717) is 18.6 Å². The number of benzene rings is 1. The smallest absolute Gasteiger partial charge is 0.139 e. The van der Waals surface area contributed by atoms with Crippen LogP contribution in [0.3, 0.4) is 0 Å². The van der Waals surface area contributed by atoms with Gasteiger partial charge in [-0.05, 0) is 18.6 Å². The minimum atomic E-state index is 0.344. The number of fused-ring (bicyclic) bond motifs is 1. The molecular formula is C23H35NOS. The van der Waals surface area contributed by atoms with Crippen LogP contribution in [0.15, 0.2) is 24.3 Å². The summed E-state index contributed by atoms with van der Waals surface area (Å²) in [7, 11) is 0. The summed E-state index contributed by atoms with van der Waals surface area (Å²) >= 11 is 1.65. The quantitative estimate of drug-likeness (QED) is 0.302. The molecule has 0 fully saturated rings. The maximum Gasteiger partial charge on any atom is 0.139 e. The SMILES string of the molecule is CCCCCCCCCCCCCCC(=O)Cc1nc2ccccc2s1. The Balaban J connectivity index is 1.44. The largest absolute Gasteiger partial charge is 0.299 e. The molecular weight excluding hydrogens is 338 g/mol. The summed E-state index contributed by atoms with van der Waals surface area (Å²) in [6.07, 6.45) is 17.2. The monoisotopic (exact) mass is 373 g/mol. The minimum absolute atomic E-state index is 0.344. The maximum absolute atomic E-state index is 12.1. The van der Waals surface area contributed by atoms with Crippen LogP contribution in [-0.2, 0) is 11.2 Å². The fourth-order valence-corrected chi connectivity index (χ4v) is 4.41. The van der Waals surface area contributed by atoms with Gasteiger partial charge in [0.05, 0.1) is 16.6 Å². The van der Waals surface area contributed by atoms with Gasteiger partial charge in [-0.25, -0.2) is 4.98 Å². The van der Waals surface area contributed by atoms with Crippen LogP contribution < -0.4 is 0 Å². The molecule has 0 saturated heterocycles. The summed E-state index contributed by atoms with van der Waals surface area (Å²) < 4.78 is 1.18. The zero-order valence-corrected chi connectivity index (χ0v) is 17.3. The fourth-order valence-electron chi connectivity index (χ4n) is 3.42. The second-order valence-electron chi connectivity index (χ2n) is 7.43. The number of unbranched alkanes of at least 4 members (excludes halogenated alkanes) is 11. The van der Waals surface area contributed by atoms with Gasteiger partial charge in [0.15, 0.2) is 0 Å². The Morgan fingerprint density at radius 1 is 0.846 bits per heavy atom. The van der Waals surface area contributed by atoms with Crippen molar-refractivity contribution in [2.24, 2.45) is 0 Å². The van der Waals surface area contributed by atoms with Gasteiger partial charge in [-0.15, -0.1) is 11.3 Å². The molecule has 26 heavy (non-hydrogen) atoms. The van der Waals surface area contributed by atoms with Crippen LogP contribution in [0.1, 0.15) is 95.4 Å². The van der Waals surface area contributed by atoms with Crippen molar-refractivity contribution in [3.8, 4) is 0 Å². The van der Waals surface area contributed by atoms with Crippen LogP contribution in [0, 0.1) is 0 Å². The number of carbonyl (C=O) groups is 1. The second-order valence-corrected chi connectivity index (χ2v) is 8.55. The molecule has 0 aliphatic rings. The van der Waals surface area contributed by atoms with Gasteiger partial charge in [0.2, 0.25) is 0 Å². The third-order valence-electron chi connectivity index (χ3n) is 5.00. The summed E-state index contributed by atoms with van der Waals surface area (Å²) in [4.78, 5) is 16.7. The average Bonchev–Trinajstić information content (AvgIpc) is 3.04. The van der Waals surface area contributed by atoms with E-state index >= 15 is 0 Å². The van der Waals surface area contributed by atoms with E-state index in [2.05, 4.69) is 18.0 Å². The molecule has 1 aromatic carbocycles. The molecule has 0 saturated carbocycles. The first-order valence-corrected chi connectivity index (χ1v) is 11.5. The van der Waals surface area contributed by atoms with Crippen LogP contribution in [0.5, 0.6) is 0 Å². The van der Waals surface area contributed by atoms with Gasteiger partial charge in [-0.2, -0.15) is 0 Å². The summed E-state index contributed by atoms with van der Waals surface area (Å²) in [5.74, 6) is 0.344. The molecule has 0 N–H and O–H groups in total. The van der Waals surface area contributed by atoms with Gasteiger partial charge in [-0.3, -0.25) is 4.79 Å². The van der Waals surface area contributed by atoms with Gasteiger partial charge < -0.3 is 0 Å². The summed E-state index contributed by atoms with van der Waals surface area (Å²) in [5, 5.41) is 0.968. The van der Waals surface area contributed by atoms with E-state index in [4.69, 9.17) is 0 Å². The van der Waals surface area contributed by atoms with Crippen molar-refractivity contribution in [3.63, 3.8) is 0 Å². The maximum atomic E-state index is 12.1. The van der Waals surface area contributed by atoms with Gasteiger partial charge in [0.1, 0.15) is 10.8 Å². The van der Waals surface area contributed by atoms with Crippen molar-refractivity contribution >= 4 is 27.3 Å². The Hall–Kier alpha value is -1.22. The van der Waals surface area contributed by atoms with Crippen molar-refractivity contribution in [3.05, 3.63) is 29.3 Å². The lowest BCUT2D eigenvalue weighted by molar-refractivity contribution is -0.118. The van der Waals surface area contributed by atoms with Crippen LogP contribution in [0.25, 0.3) is 10.2 Å². The number of para-hydroxylation sites is 1. The van der Waals surface area contributed by atoms with Crippen molar-refractivity contribution in [1.82, 2.24) is 4.98 Å². The van der Waals surface area contributed by atoms with Gasteiger partial charge in [0, 0.05) is 6.42 Å². The molecule has 2 nitrogen and oxygen atoms in total. The lowest BCUT2D eigenvalue weighted by atomic mass is 10.0. The molecule has 0 amide bonds. The average molecular weight is 374 g/mol. The highest BCUT2D eigenvalue weighted by Gasteiger charge is 2.08. The number of aromatic nitrogens is 1. The van der Waals surface area contributed by atoms with E-state index in [1.807, 2.05) is 18.2 Å². The molecule has 144 valence electrons. The Bertz CT molecular complexity index is 601. The van der Waals surface area contributed by atoms with Crippen LogP contribution in [-0.4, -0.2) is 10.8 Å². The van der Waals surface area contributed by atoms with Crippen molar-refractivity contribution < 1.29 is 4.79 Å². The van der Waals surface area contributed by atoms with Crippen molar-refractivity contribution in [1.29, 1.82) is 0 Å². The van der Waals surface area contributed by atoms with E-state index in [-0.39, 0.29) is 0 Å². The Morgan fingerprint density at radius 3 is 2.04 bits per heavy atom. The molecule has 0 unspecified atom stereocenters. The molecule has 0 radical (unpaired) electrons. The highest BCUT2D eigenvalue weighted by atomic mass is 32.1. The molecule has 1 aromatic heterocycles. The number of nitrogens with zero attached hydrogens (tertiary/aromatic N) is 1. The Morgan fingerprint density at radius 2 is 1.42 bits per heavy atom. The summed E-state index contributed by atoms with van der Waals surface area (Å²) in [6, 6.07) is 8.12. The lowest BCUT2D eigenvalue weighted by Crippen LogP contribution is -2.02. The molecule has 1 heterocycles. The zero-order valence-electron chi connectivity index (χ0n) is 16.5. The van der Waals surface area contributed by atoms with E-state index in [9.17, 15) is 4.79 Å². The number of ketones is 1. The third kappa shape index (κ3) is 8.44. The standard InChI is InChI=1S/C23H35NOS/c1-2-3-4-5-6-7-8-9-10-11-12-13-16-20(25)19-23-24-21-17-14-15-18-22(21)26-23/h14-15,17-18H,2-13,16,19H2,1H3. The molecule has 0 atom stereocenters. The van der Waals surface area contributed by atoms with E-state index < -0.39 is 0 Å². The Labute approximate surface area is 163 Å². The molecule has 3 heteroatoms. The number of rotatable bonds is 15. The van der Waals surface area contributed by atoms with E-state index in [1.54, 1.807) is 11.3 Å². The topological polar surface area (TPSA) is 30.0 Å². The number of hydrogen-bond acceptors (Lipinski definition) is 3. The molecule has 0 spiro atoms. The van der Waals surface area contributed by atoms with E-state index in [0.717, 1.165) is 16.9 Å². The number of hydrogen-bond donors (Lipinski definition) is 0. The second kappa shape index (κ2) is 13.0. The van der Waals surface area contributed by atoms with E-state index in [1.165, 1.54) is 75.3 Å². The molecule has 0 aliphatic carbocycles. The molecule has 2 aromatic rings. The van der Waals surface area contributed by atoms with Crippen LogP contribution >= 0.6 is 11.3 Å². The molecule has 0 aliphatic heterocycles. The van der Waals surface area contributed by atoms with Crippen molar-refractivity contribution in [2.75, 3.05) is 0 Å². The first-order valence-electron chi connectivity index (χ1n) is 10.7. The van der Waals surface area contributed by atoms with Gasteiger partial charge in [0.25, 0.3) is 0 Å². The van der Waals surface area contributed by atoms with Crippen LogP contribution in [0.4, 0.5) is 0 Å². The predicted octanol–water partition coefficient (Wildman–Crippen LogP) is 7.50. The Kier molecular flexibility index (Phi) is 10.6.